The van der Waals surface area contributed by atoms with Crippen LogP contribution in [0.3, 0.4) is 0 Å². The van der Waals surface area contributed by atoms with Gasteiger partial charge >= 0.3 is 6.09 Å². The van der Waals surface area contributed by atoms with E-state index in [2.05, 4.69) is 0 Å². The number of ketones is 1. The lowest BCUT2D eigenvalue weighted by Gasteiger charge is -2.37. The first kappa shape index (κ1) is 22.6. The molecule has 0 bridgehead atoms. The summed E-state index contributed by atoms with van der Waals surface area (Å²) in [5.74, 6) is -0.0304. The molecule has 4 aliphatic rings. The van der Waals surface area contributed by atoms with Crippen LogP contribution in [0.15, 0.2) is 11.8 Å². The van der Waals surface area contributed by atoms with Crippen LogP contribution >= 0.6 is 0 Å². The minimum absolute atomic E-state index is 0.000414. The number of carbonyl (C=O) groups is 4. The fourth-order valence-corrected chi connectivity index (χ4v) is 5.19. The van der Waals surface area contributed by atoms with E-state index in [-0.39, 0.29) is 47.2 Å². The van der Waals surface area contributed by atoms with Crippen molar-refractivity contribution in [2.45, 2.75) is 52.1 Å². The molecular formula is C23H33N3O6. The first-order chi connectivity index (χ1) is 15.1. The van der Waals surface area contributed by atoms with Crippen LogP contribution in [0.25, 0.3) is 0 Å². The normalized spacial score (nSPS) is 26.3. The molecule has 4 rings (SSSR count). The van der Waals surface area contributed by atoms with Crippen LogP contribution in [0.4, 0.5) is 4.79 Å². The summed E-state index contributed by atoms with van der Waals surface area (Å²) < 4.78 is 10.8. The van der Waals surface area contributed by atoms with Gasteiger partial charge in [-0.15, -0.1) is 0 Å². The van der Waals surface area contributed by atoms with E-state index in [1.54, 1.807) is 16.7 Å². The Morgan fingerprint density at radius 2 is 1.66 bits per heavy atom. The Morgan fingerprint density at radius 1 is 1.03 bits per heavy atom. The average Bonchev–Trinajstić information content (AvgIpc) is 3.45. The van der Waals surface area contributed by atoms with Gasteiger partial charge < -0.3 is 24.2 Å². The lowest BCUT2D eigenvalue weighted by atomic mass is 9.90. The van der Waals surface area contributed by atoms with Gasteiger partial charge in [-0.1, -0.05) is 0 Å². The summed E-state index contributed by atoms with van der Waals surface area (Å²) in [6, 6.07) is 0. The minimum atomic E-state index is -0.668. The summed E-state index contributed by atoms with van der Waals surface area (Å²) in [6.07, 6.45) is 3.69. The average molecular weight is 448 g/mol. The van der Waals surface area contributed by atoms with Crippen molar-refractivity contribution in [3.8, 4) is 0 Å². The molecule has 9 nitrogen and oxygen atoms in total. The molecular weight excluding hydrogens is 414 g/mol. The summed E-state index contributed by atoms with van der Waals surface area (Å²) in [5.41, 5.74) is -0.692. The van der Waals surface area contributed by atoms with Crippen LogP contribution < -0.4 is 0 Å². The molecule has 1 unspecified atom stereocenters. The number of allylic oxidation sites excluding steroid dienone is 1. The van der Waals surface area contributed by atoms with Gasteiger partial charge in [0.1, 0.15) is 5.60 Å². The van der Waals surface area contributed by atoms with Crippen LogP contribution in [0.5, 0.6) is 0 Å². The molecule has 9 heteroatoms. The van der Waals surface area contributed by atoms with E-state index in [1.165, 1.54) is 6.08 Å². The predicted octanol–water partition coefficient (Wildman–Crippen LogP) is 1.57. The summed E-state index contributed by atoms with van der Waals surface area (Å²) in [4.78, 5) is 55.0. The third-order valence-electron chi connectivity index (χ3n) is 7.14. The molecule has 32 heavy (non-hydrogen) atoms. The number of piperazine rings is 1. The smallest absolute Gasteiger partial charge is 0.409 e. The van der Waals surface area contributed by atoms with Crippen molar-refractivity contribution >= 4 is 23.7 Å². The van der Waals surface area contributed by atoms with E-state index in [0.717, 1.165) is 19.3 Å². The van der Waals surface area contributed by atoms with Gasteiger partial charge in [0.25, 0.3) is 5.91 Å². The third-order valence-corrected chi connectivity index (χ3v) is 7.14. The highest BCUT2D eigenvalue weighted by Gasteiger charge is 2.59. The van der Waals surface area contributed by atoms with Gasteiger partial charge in [-0.2, -0.15) is 0 Å². The van der Waals surface area contributed by atoms with Crippen molar-refractivity contribution in [1.82, 2.24) is 14.7 Å². The molecule has 3 amide bonds. The fraction of sp³-hybridized carbons (Fsp3) is 0.739. The van der Waals surface area contributed by atoms with Crippen molar-refractivity contribution < 1.29 is 28.7 Å². The van der Waals surface area contributed by atoms with Crippen LogP contribution in [0, 0.1) is 11.3 Å². The number of likely N-dealkylation sites (tertiary alicyclic amines) is 1. The molecule has 3 heterocycles. The van der Waals surface area contributed by atoms with E-state index in [0.29, 0.717) is 45.9 Å². The maximum Gasteiger partial charge on any atom is 0.409 e. The van der Waals surface area contributed by atoms with Gasteiger partial charge in [-0.25, -0.2) is 4.79 Å². The lowest BCUT2D eigenvalue weighted by molar-refractivity contribution is -0.140. The van der Waals surface area contributed by atoms with E-state index in [4.69, 9.17) is 9.47 Å². The van der Waals surface area contributed by atoms with Crippen molar-refractivity contribution in [2.24, 2.45) is 11.3 Å². The van der Waals surface area contributed by atoms with Gasteiger partial charge in [0.05, 0.1) is 6.61 Å². The number of piperidine rings is 1. The molecule has 3 aliphatic heterocycles. The molecule has 2 saturated heterocycles. The highest BCUT2D eigenvalue weighted by Crippen LogP contribution is 2.60. The second-order valence-electron chi connectivity index (χ2n) is 9.94. The molecule has 176 valence electrons. The molecule has 0 N–H and O–H groups in total. The van der Waals surface area contributed by atoms with E-state index in [9.17, 15) is 19.2 Å². The highest BCUT2D eigenvalue weighted by molar-refractivity contribution is 6.01. The first-order valence-electron chi connectivity index (χ1n) is 11.6. The Balaban J connectivity index is 1.27. The zero-order valence-electron chi connectivity index (χ0n) is 19.2. The van der Waals surface area contributed by atoms with Crippen molar-refractivity contribution in [3.05, 3.63) is 11.8 Å². The number of ether oxygens (including phenoxy) is 2. The van der Waals surface area contributed by atoms with Crippen molar-refractivity contribution in [3.63, 3.8) is 0 Å². The summed E-state index contributed by atoms with van der Waals surface area (Å²) >= 11 is 0. The minimum Gasteiger partial charge on any atom is -0.481 e. The number of carbonyl (C=O) groups excluding carboxylic acids is 4. The monoisotopic (exact) mass is 447 g/mol. The van der Waals surface area contributed by atoms with E-state index in [1.807, 2.05) is 18.7 Å². The van der Waals surface area contributed by atoms with Crippen LogP contribution in [0.2, 0.25) is 0 Å². The standard InChI is InChI=1S/C23H33N3O6/c1-4-31-21(30)26-11-9-25(10-12-26)19(28)17-15-23(17)5-7-24(8-6-23)20(29)18-13-16(27)14-22(2,3)32-18/h13,17H,4-12,14-15H2,1-3H3. The molecule has 0 aromatic rings. The summed E-state index contributed by atoms with van der Waals surface area (Å²) in [5, 5.41) is 0. The topological polar surface area (TPSA) is 96.5 Å². The van der Waals surface area contributed by atoms with Crippen molar-refractivity contribution in [1.29, 1.82) is 0 Å². The Morgan fingerprint density at radius 3 is 2.25 bits per heavy atom. The number of hydrogen-bond acceptors (Lipinski definition) is 6. The third kappa shape index (κ3) is 4.47. The molecule has 0 radical (unpaired) electrons. The number of hydrogen-bond donors (Lipinski definition) is 0. The Bertz CT molecular complexity index is 835. The molecule has 0 aromatic carbocycles. The van der Waals surface area contributed by atoms with Gasteiger partial charge in [-0.3, -0.25) is 14.4 Å². The molecule has 1 saturated carbocycles. The Labute approximate surface area is 188 Å². The predicted molar refractivity (Wildman–Crippen MR) is 114 cm³/mol. The maximum absolute atomic E-state index is 13.1. The number of nitrogens with zero attached hydrogens (tertiary/aromatic N) is 3. The van der Waals surface area contributed by atoms with E-state index >= 15 is 0 Å². The first-order valence-corrected chi connectivity index (χ1v) is 11.6. The van der Waals surface area contributed by atoms with Crippen LogP contribution in [-0.2, 0) is 23.9 Å². The van der Waals surface area contributed by atoms with Gasteiger partial charge in [-0.05, 0) is 45.4 Å². The molecule has 1 aliphatic carbocycles. The SMILES string of the molecule is CCOC(=O)N1CCN(C(=O)C2CC23CCN(C(=O)C2=CC(=O)CC(C)(C)O2)CC3)CC1. The van der Waals surface area contributed by atoms with Crippen molar-refractivity contribution in [2.75, 3.05) is 45.9 Å². The van der Waals surface area contributed by atoms with Crippen LogP contribution in [-0.4, -0.2) is 89.9 Å². The Kier molecular flexibility index (Phi) is 5.94. The summed E-state index contributed by atoms with van der Waals surface area (Å²) in [7, 11) is 0. The molecule has 3 fully saturated rings. The largest absolute Gasteiger partial charge is 0.481 e. The summed E-state index contributed by atoms with van der Waals surface area (Å²) in [6.45, 7) is 8.93. The second-order valence-corrected chi connectivity index (χ2v) is 9.94. The highest BCUT2D eigenvalue weighted by atomic mass is 16.6. The quantitative estimate of drug-likeness (QED) is 0.652. The van der Waals surface area contributed by atoms with Gasteiger partial charge in [0.2, 0.25) is 5.91 Å². The maximum atomic E-state index is 13.1. The van der Waals surface area contributed by atoms with Gasteiger partial charge in [0.15, 0.2) is 11.5 Å². The lowest BCUT2D eigenvalue weighted by Crippen LogP contribution is -2.51. The molecule has 0 aromatic heterocycles. The second kappa shape index (κ2) is 8.41. The molecule has 1 spiro atoms. The zero-order valence-corrected chi connectivity index (χ0v) is 19.2. The number of amides is 3. The van der Waals surface area contributed by atoms with Gasteiger partial charge in [0, 0.05) is 57.7 Å². The number of rotatable bonds is 3. The molecule has 1 atom stereocenters. The van der Waals surface area contributed by atoms with E-state index < -0.39 is 5.60 Å². The zero-order chi connectivity index (χ0) is 23.1. The Hall–Kier alpha value is -2.58. The fourth-order valence-electron chi connectivity index (χ4n) is 5.19. The van der Waals surface area contributed by atoms with Crippen LogP contribution in [0.1, 0.15) is 46.5 Å².